The van der Waals surface area contributed by atoms with Crippen LogP contribution in [-0.2, 0) is 19.1 Å². The molecule has 1 saturated carbocycles. The molecule has 1 aliphatic heterocycles. The van der Waals surface area contributed by atoms with Crippen LogP contribution in [0, 0.1) is 11.8 Å². The summed E-state index contributed by atoms with van der Waals surface area (Å²) in [5, 5.41) is 0. The summed E-state index contributed by atoms with van der Waals surface area (Å²) in [5.41, 5.74) is 0. The first-order valence-electron chi connectivity index (χ1n) is 10.1. The Bertz CT molecular complexity index is 439. The van der Waals surface area contributed by atoms with Crippen molar-refractivity contribution in [2.75, 3.05) is 53.1 Å². The molecular weight excluding hydrogens is 332 g/mol. The summed E-state index contributed by atoms with van der Waals surface area (Å²) in [6, 6.07) is 0.584. The predicted octanol–water partition coefficient (Wildman–Crippen LogP) is 1.97. The second-order valence-corrected chi connectivity index (χ2v) is 7.83. The SMILES string of the molecule is COCCOCCC(=O)N1CCN(C2CCC(C(=O)C(C)C)CC2)CC1. The van der Waals surface area contributed by atoms with Crippen LogP contribution in [0.25, 0.3) is 0 Å². The molecule has 1 amide bonds. The Hall–Kier alpha value is -0.980. The maximum absolute atomic E-state index is 12.3. The van der Waals surface area contributed by atoms with Gasteiger partial charge in [0.1, 0.15) is 5.78 Å². The first kappa shape index (κ1) is 21.3. The quantitative estimate of drug-likeness (QED) is 0.583. The van der Waals surface area contributed by atoms with Crippen molar-refractivity contribution >= 4 is 11.7 Å². The zero-order valence-electron chi connectivity index (χ0n) is 16.7. The normalized spacial score (nSPS) is 24.8. The van der Waals surface area contributed by atoms with Crippen LogP contribution in [0.3, 0.4) is 0 Å². The smallest absolute Gasteiger partial charge is 0.224 e. The topological polar surface area (TPSA) is 59.1 Å². The van der Waals surface area contributed by atoms with Gasteiger partial charge in [0.25, 0.3) is 0 Å². The zero-order chi connectivity index (χ0) is 18.9. The molecule has 0 aromatic heterocycles. The second-order valence-electron chi connectivity index (χ2n) is 7.83. The predicted molar refractivity (Wildman–Crippen MR) is 101 cm³/mol. The van der Waals surface area contributed by atoms with Crippen molar-refractivity contribution in [3.8, 4) is 0 Å². The van der Waals surface area contributed by atoms with Crippen LogP contribution in [0.1, 0.15) is 46.0 Å². The lowest BCUT2D eigenvalue weighted by Gasteiger charge is -2.42. The van der Waals surface area contributed by atoms with Gasteiger partial charge in [-0.15, -0.1) is 0 Å². The molecule has 0 N–H and O–H groups in total. The summed E-state index contributed by atoms with van der Waals surface area (Å²) >= 11 is 0. The summed E-state index contributed by atoms with van der Waals surface area (Å²) < 4.78 is 10.3. The average Bonchev–Trinajstić information content (AvgIpc) is 2.67. The lowest BCUT2D eigenvalue weighted by Crippen LogP contribution is -2.52. The molecule has 0 unspecified atom stereocenters. The van der Waals surface area contributed by atoms with E-state index in [2.05, 4.69) is 4.90 Å². The minimum absolute atomic E-state index is 0.157. The fourth-order valence-electron chi connectivity index (χ4n) is 4.10. The van der Waals surface area contributed by atoms with Crippen molar-refractivity contribution in [2.24, 2.45) is 11.8 Å². The maximum Gasteiger partial charge on any atom is 0.224 e. The van der Waals surface area contributed by atoms with E-state index in [0.717, 1.165) is 51.9 Å². The molecule has 0 aromatic carbocycles. The van der Waals surface area contributed by atoms with Gasteiger partial charge in [-0.1, -0.05) is 13.8 Å². The van der Waals surface area contributed by atoms with Gasteiger partial charge < -0.3 is 14.4 Å². The van der Waals surface area contributed by atoms with Crippen LogP contribution < -0.4 is 0 Å². The van der Waals surface area contributed by atoms with Crippen molar-refractivity contribution in [3.63, 3.8) is 0 Å². The Kier molecular flexibility index (Phi) is 9.02. The maximum atomic E-state index is 12.3. The number of rotatable bonds is 9. The molecule has 0 spiro atoms. The Balaban J connectivity index is 1.64. The fraction of sp³-hybridized carbons (Fsp3) is 0.900. The number of hydrogen-bond acceptors (Lipinski definition) is 5. The number of carbonyl (C=O) groups excluding carboxylic acids is 2. The van der Waals surface area contributed by atoms with Gasteiger partial charge in [0.2, 0.25) is 5.91 Å². The van der Waals surface area contributed by atoms with Gasteiger partial charge >= 0.3 is 0 Å². The minimum atomic E-state index is 0.157. The van der Waals surface area contributed by atoms with Crippen LogP contribution in [0.2, 0.25) is 0 Å². The third-order valence-corrected chi connectivity index (χ3v) is 5.74. The lowest BCUT2D eigenvalue weighted by molar-refractivity contribution is -0.135. The summed E-state index contributed by atoms with van der Waals surface area (Å²) in [5.74, 6) is 1.05. The number of hydrogen-bond donors (Lipinski definition) is 0. The number of ketones is 1. The third kappa shape index (κ3) is 6.32. The van der Waals surface area contributed by atoms with Gasteiger partial charge in [0.15, 0.2) is 0 Å². The molecule has 1 heterocycles. The molecule has 0 atom stereocenters. The van der Waals surface area contributed by atoms with Gasteiger partial charge in [-0.25, -0.2) is 0 Å². The minimum Gasteiger partial charge on any atom is -0.382 e. The van der Waals surface area contributed by atoms with Crippen molar-refractivity contribution in [1.82, 2.24) is 9.80 Å². The molecule has 2 aliphatic rings. The molecule has 1 aliphatic carbocycles. The number of nitrogens with zero attached hydrogens (tertiary/aromatic N) is 2. The monoisotopic (exact) mass is 368 g/mol. The van der Waals surface area contributed by atoms with E-state index in [9.17, 15) is 9.59 Å². The highest BCUT2D eigenvalue weighted by Crippen LogP contribution is 2.30. The molecule has 1 saturated heterocycles. The lowest BCUT2D eigenvalue weighted by atomic mass is 9.80. The van der Waals surface area contributed by atoms with E-state index in [4.69, 9.17) is 9.47 Å². The van der Waals surface area contributed by atoms with Crippen LogP contribution >= 0.6 is 0 Å². The highest BCUT2D eigenvalue weighted by Gasteiger charge is 2.32. The Morgan fingerprint density at radius 2 is 1.62 bits per heavy atom. The number of methoxy groups -OCH3 is 1. The van der Waals surface area contributed by atoms with Gasteiger partial charge in [-0.3, -0.25) is 14.5 Å². The first-order valence-corrected chi connectivity index (χ1v) is 10.1. The van der Waals surface area contributed by atoms with E-state index in [-0.39, 0.29) is 17.7 Å². The Morgan fingerprint density at radius 3 is 2.19 bits per heavy atom. The van der Waals surface area contributed by atoms with Crippen molar-refractivity contribution in [1.29, 1.82) is 0 Å². The molecule has 6 heteroatoms. The highest BCUT2D eigenvalue weighted by molar-refractivity contribution is 5.82. The van der Waals surface area contributed by atoms with Gasteiger partial charge in [-0.05, 0) is 25.7 Å². The number of Topliss-reactive ketones (excluding diaryl/α,β-unsaturated/α-hetero) is 1. The van der Waals surface area contributed by atoms with E-state index >= 15 is 0 Å². The standard InChI is InChI=1S/C20H36N2O4/c1-16(2)20(24)17-4-6-18(7-5-17)21-9-11-22(12-10-21)19(23)8-13-26-15-14-25-3/h16-18H,4-15H2,1-3H3. The first-order chi connectivity index (χ1) is 12.5. The van der Waals surface area contributed by atoms with Crippen LogP contribution in [0.15, 0.2) is 0 Å². The molecule has 2 fully saturated rings. The molecule has 150 valence electrons. The summed E-state index contributed by atoms with van der Waals surface area (Å²) in [6.45, 7) is 9.10. The number of amides is 1. The zero-order valence-corrected chi connectivity index (χ0v) is 16.7. The van der Waals surface area contributed by atoms with Crippen LogP contribution in [-0.4, -0.2) is 80.6 Å². The Labute approximate surface area is 158 Å². The third-order valence-electron chi connectivity index (χ3n) is 5.74. The van der Waals surface area contributed by atoms with Gasteiger partial charge in [-0.2, -0.15) is 0 Å². The Morgan fingerprint density at radius 1 is 0.962 bits per heavy atom. The summed E-state index contributed by atoms with van der Waals surface area (Å²) in [7, 11) is 1.64. The van der Waals surface area contributed by atoms with Crippen molar-refractivity contribution in [3.05, 3.63) is 0 Å². The molecule has 6 nitrogen and oxygen atoms in total. The van der Waals surface area contributed by atoms with E-state index in [1.165, 1.54) is 0 Å². The average molecular weight is 369 g/mol. The number of carbonyl (C=O) groups is 2. The van der Waals surface area contributed by atoms with Crippen LogP contribution in [0.4, 0.5) is 0 Å². The molecule has 0 bridgehead atoms. The number of piperazine rings is 1. The van der Waals surface area contributed by atoms with Gasteiger partial charge in [0.05, 0.1) is 26.2 Å². The fourth-order valence-corrected chi connectivity index (χ4v) is 4.10. The largest absolute Gasteiger partial charge is 0.382 e. The van der Waals surface area contributed by atoms with E-state index < -0.39 is 0 Å². The van der Waals surface area contributed by atoms with Crippen molar-refractivity contribution < 1.29 is 19.1 Å². The second kappa shape index (κ2) is 11.0. The van der Waals surface area contributed by atoms with E-state index in [1.807, 2.05) is 18.7 Å². The van der Waals surface area contributed by atoms with E-state index in [0.29, 0.717) is 38.1 Å². The molecule has 0 aromatic rings. The summed E-state index contributed by atoms with van der Waals surface area (Å²) in [6.07, 6.45) is 4.74. The summed E-state index contributed by atoms with van der Waals surface area (Å²) in [4.78, 5) is 28.9. The van der Waals surface area contributed by atoms with Crippen LogP contribution in [0.5, 0.6) is 0 Å². The molecule has 2 rings (SSSR count). The highest BCUT2D eigenvalue weighted by atomic mass is 16.5. The molecule has 26 heavy (non-hydrogen) atoms. The molecular formula is C20H36N2O4. The van der Waals surface area contributed by atoms with E-state index in [1.54, 1.807) is 7.11 Å². The molecule has 0 radical (unpaired) electrons. The van der Waals surface area contributed by atoms with Crippen molar-refractivity contribution in [2.45, 2.75) is 52.0 Å². The number of ether oxygens (including phenoxy) is 2. The van der Waals surface area contributed by atoms with Gasteiger partial charge in [0, 0.05) is 51.2 Å².